The average molecular weight is 487 g/mol. The summed E-state index contributed by atoms with van der Waals surface area (Å²) in [6.45, 7) is 8.61. The minimum atomic E-state index is -3.60. The van der Waals surface area contributed by atoms with Crippen molar-refractivity contribution in [3.05, 3.63) is 11.7 Å². The molecule has 1 aromatic heterocycles. The van der Waals surface area contributed by atoms with Crippen molar-refractivity contribution in [2.45, 2.75) is 53.0 Å². The van der Waals surface area contributed by atoms with Crippen LogP contribution in [-0.2, 0) is 30.6 Å². The van der Waals surface area contributed by atoms with E-state index in [1.54, 1.807) is 25.7 Å². The summed E-state index contributed by atoms with van der Waals surface area (Å²) in [6, 6.07) is -0.976. The van der Waals surface area contributed by atoms with Gasteiger partial charge in [-0.2, -0.15) is 4.98 Å². The SMILES string of the molecule is CCc1noc(C(=O)[C@H](CC)NC(=O)[C@@H](CC(=O)N2CCOCC2)CS(=O)(=O)CC(C)C)n1. The number of Topliss-reactive ketones (excluding diaryl/α,β-unsaturated/α-hetero) is 1. The number of morpholine rings is 1. The van der Waals surface area contributed by atoms with Gasteiger partial charge >= 0.3 is 0 Å². The van der Waals surface area contributed by atoms with Gasteiger partial charge in [-0.3, -0.25) is 14.4 Å². The van der Waals surface area contributed by atoms with Gasteiger partial charge in [0.25, 0.3) is 5.89 Å². The van der Waals surface area contributed by atoms with Crippen LogP contribution < -0.4 is 5.32 Å². The molecule has 0 unspecified atom stereocenters. The van der Waals surface area contributed by atoms with E-state index in [-0.39, 0.29) is 36.3 Å². The lowest BCUT2D eigenvalue weighted by atomic mass is 10.0. The van der Waals surface area contributed by atoms with Crippen LogP contribution in [0.1, 0.15) is 57.0 Å². The second-order valence-electron chi connectivity index (χ2n) is 8.57. The van der Waals surface area contributed by atoms with Crippen LogP contribution in [0.25, 0.3) is 0 Å². The monoisotopic (exact) mass is 486 g/mol. The van der Waals surface area contributed by atoms with Crippen LogP contribution in [0.4, 0.5) is 0 Å². The van der Waals surface area contributed by atoms with Gasteiger partial charge in [-0.1, -0.05) is 32.9 Å². The molecule has 2 amide bonds. The predicted molar refractivity (Wildman–Crippen MR) is 119 cm³/mol. The second kappa shape index (κ2) is 12.2. The molecule has 1 N–H and O–H groups in total. The number of nitrogens with one attached hydrogen (secondary N) is 1. The molecule has 0 aliphatic carbocycles. The van der Waals surface area contributed by atoms with Crippen LogP contribution in [0.2, 0.25) is 0 Å². The van der Waals surface area contributed by atoms with Crippen LogP contribution in [-0.4, -0.2) is 84.9 Å². The average Bonchev–Trinajstić information content (AvgIpc) is 3.25. The van der Waals surface area contributed by atoms with Gasteiger partial charge in [-0.25, -0.2) is 8.42 Å². The molecule has 1 aromatic rings. The normalized spacial score (nSPS) is 16.5. The summed E-state index contributed by atoms with van der Waals surface area (Å²) in [4.78, 5) is 44.2. The Morgan fingerprint density at radius 1 is 1.12 bits per heavy atom. The Kier molecular flexibility index (Phi) is 9.96. The second-order valence-corrected chi connectivity index (χ2v) is 10.7. The van der Waals surface area contributed by atoms with Crippen molar-refractivity contribution in [3.8, 4) is 0 Å². The third-order valence-electron chi connectivity index (χ3n) is 5.23. The van der Waals surface area contributed by atoms with Gasteiger partial charge < -0.3 is 19.5 Å². The summed E-state index contributed by atoms with van der Waals surface area (Å²) in [5.74, 6) is -3.20. The Hall–Kier alpha value is -2.34. The maximum absolute atomic E-state index is 13.1. The zero-order valence-electron chi connectivity index (χ0n) is 19.7. The lowest BCUT2D eigenvalue weighted by Gasteiger charge is -2.28. The van der Waals surface area contributed by atoms with E-state index in [0.717, 1.165) is 0 Å². The number of aryl methyl sites for hydroxylation is 1. The van der Waals surface area contributed by atoms with E-state index in [0.29, 0.717) is 38.5 Å². The number of hydrogen-bond donors (Lipinski definition) is 1. The van der Waals surface area contributed by atoms with Gasteiger partial charge in [0.15, 0.2) is 15.7 Å². The molecule has 12 heteroatoms. The first kappa shape index (κ1) is 26.9. The molecule has 0 bridgehead atoms. The summed E-state index contributed by atoms with van der Waals surface area (Å²) < 4.78 is 35.5. The Bertz CT molecular complexity index is 923. The van der Waals surface area contributed by atoms with E-state index in [4.69, 9.17) is 9.26 Å². The Morgan fingerprint density at radius 2 is 1.79 bits per heavy atom. The summed E-state index contributed by atoms with van der Waals surface area (Å²) in [5.41, 5.74) is 0. The first-order valence-corrected chi connectivity index (χ1v) is 13.1. The van der Waals surface area contributed by atoms with Crippen molar-refractivity contribution in [1.29, 1.82) is 0 Å². The zero-order chi connectivity index (χ0) is 24.6. The Labute approximate surface area is 194 Å². The largest absolute Gasteiger partial charge is 0.378 e. The zero-order valence-corrected chi connectivity index (χ0v) is 20.5. The standard InChI is InChI=1S/C21H34N4O7S/c1-5-16(19(27)21-23-17(6-2)24-32-21)22-20(28)15(13-33(29,30)12-14(3)4)11-18(26)25-7-9-31-10-8-25/h14-16H,5-13H2,1-4H3,(H,22,28)/t15-,16-/m0/s1. The van der Waals surface area contributed by atoms with Crippen LogP contribution in [0, 0.1) is 11.8 Å². The molecule has 0 saturated carbocycles. The maximum Gasteiger partial charge on any atom is 0.296 e. The highest BCUT2D eigenvalue weighted by Crippen LogP contribution is 2.15. The van der Waals surface area contributed by atoms with E-state index in [2.05, 4.69) is 15.5 Å². The van der Waals surface area contributed by atoms with Crippen LogP contribution in [0.5, 0.6) is 0 Å². The lowest BCUT2D eigenvalue weighted by molar-refractivity contribution is -0.139. The van der Waals surface area contributed by atoms with E-state index in [1.165, 1.54) is 0 Å². The van der Waals surface area contributed by atoms with Gasteiger partial charge in [0.1, 0.15) is 0 Å². The van der Waals surface area contributed by atoms with Gasteiger partial charge in [0, 0.05) is 25.9 Å². The minimum Gasteiger partial charge on any atom is -0.378 e. The smallest absolute Gasteiger partial charge is 0.296 e. The highest BCUT2D eigenvalue weighted by Gasteiger charge is 2.33. The maximum atomic E-state index is 13.1. The van der Waals surface area contributed by atoms with Crippen LogP contribution in [0.3, 0.4) is 0 Å². The first-order valence-electron chi connectivity index (χ1n) is 11.3. The summed E-state index contributed by atoms with van der Waals surface area (Å²) >= 11 is 0. The van der Waals surface area contributed by atoms with Crippen molar-refractivity contribution in [3.63, 3.8) is 0 Å². The number of aromatic nitrogens is 2. The predicted octanol–water partition coefficient (Wildman–Crippen LogP) is 0.645. The third kappa shape index (κ3) is 8.18. The minimum absolute atomic E-state index is 0.0968. The van der Waals surface area contributed by atoms with Crippen molar-refractivity contribution in [2.75, 3.05) is 37.8 Å². The van der Waals surface area contributed by atoms with Crippen molar-refractivity contribution in [2.24, 2.45) is 11.8 Å². The fourth-order valence-corrected chi connectivity index (χ4v) is 5.59. The fraction of sp³-hybridized carbons (Fsp3) is 0.762. The van der Waals surface area contributed by atoms with Gasteiger partial charge in [-0.05, 0) is 12.3 Å². The summed E-state index contributed by atoms with van der Waals surface area (Å²) in [7, 11) is -3.60. The number of nitrogens with zero attached hydrogens (tertiary/aromatic N) is 3. The van der Waals surface area contributed by atoms with Crippen LogP contribution >= 0.6 is 0 Å². The number of carbonyl (C=O) groups excluding carboxylic acids is 3. The van der Waals surface area contributed by atoms with Gasteiger partial charge in [0.05, 0.1) is 36.7 Å². The molecule has 2 rings (SSSR count). The lowest BCUT2D eigenvalue weighted by Crippen LogP contribution is -2.47. The summed E-state index contributed by atoms with van der Waals surface area (Å²) in [5, 5.41) is 6.29. The van der Waals surface area contributed by atoms with E-state index in [1.807, 2.05) is 6.92 Å². The number of sulfone groups is 1. The van der Waals surface area contributed by atoms with E-state index < -0.39 is 39.2 Å². The molecule has 1 saturated heterocycles. The molecule has 2 atom stereocenters. The fourth-order valence-electron chi connectivity index (χ4n) is 3.55. The van der Waals surface area contributed by atoms with Crippen molar-refractivity contribution in [1.82, 2.24) is 20.4 Å². The first-order chi connectivity index (χ1) is 15.6. The quantitative estimate of drug-likeness (QED) is 0.420. The van der Waals surface area contributed by atoms with Gasteiger partial charge in [0.2, 0.25) is 17.6 Å². The molecule has 1 aliphatic heterocycles. The molecule has 0 radical (unpaired) electrons. The number of rotatable bonds is 12. The molecule has 1 aliphatic rings. The Morgan fingerprint density at radius 3 is 2.33 bits per heavy atom. The van der Waals surface area contributed by atoms with E-state index >= 15 is 0 Å². The van der Waals surface area contributed by atoms with Gasteiger partial charge in [-0.15, -0.1) is 0 Å². The van der Waals surface area contributed by atoms with E-state index in [9.17, 15) is 22.8 Å². The molecular weight excluding hydrogens is 452 g/mol. The molecule has 186 valence electrons. The molecule has 11 nitrogen and oxygen atoms in total. The molecular formula is C21H34N4O7S. The molecule has 0 aromatic carbocycles. The topological polar surface area (TPSA) is 149 Å². The highest BCUT2D eigenvalue weighted by molar-refractivity contribution is 7.91. The third-order valence-corrected chi connectivity index (χ3v) is 7.32. The Balaban J connectivity index is 2.17. The number of carbonyl (C=O) groups is 3. The number of ketones is 1. The number of hydrogen-bond acceptors (Lipinski definition) is 9. The summed E-state index contributed by atoms with van der Waals surface area (Å²) in [6.07, 6.45) is 0.449. The van der Waals surface area contributed by atoms with Crippen molar-refractivity contribution < 1.29 is 32.1 Å². The highest BCUT2D eigenvalue weighted by atomic mass is 32.2. The molecule has 33 heavy (non-hydrogen) atoms. The number of amides is 2. The molecule has 0 spiro atoms. The number of ether oxygens (including phenoxy) is 1. The van der Waals surface area contributed by atoms with Crippen LogP contribution in [0.15, 0.2) is 4.52 Å². The molecule has 2 heterocycles. The molecule has 1 fully saturated rings. The van der Waals surface area contributed by atoms with Crippen molar-refractivity contribution >= 4 is 27.4 Å².